The second-order valence-corrected chi connectivity index (χ2v) is 3.80. The number of benzene rings is 1. The first-order valence-electron chi connectivity index (χ1n) is 5.15. The summed E-state index contributed by atoms with van der Waals surface area (Å²) in [6.07, 6.45) is 1.29. The van der Waals surface area contributed by atoms with Crippen LogP contribution in [0.4, 0.5) is 0 Å². The SMILES string of the molecule is CCC[C@H](O)[C@H](N)c1cccc(C)c1. The summed E-state index contributed by atoms with van der Waals surface area (Å²) in [7, 11) is 0. The van der Waals surface area contributed by atoms with Crippen LogP contribution in [0.2, 0.25) is 0 Å². The minimum atomic E-state index is -0.429. The zero-order valence-corrected chi connectivity index (χ0v) is 8.90. The first kappa shape index (κ1) is 11.2. The molecule has 0 unspecified atom stereocenters. The van der Waals surface area contributed by atoms with Gasteiger partial charge in [0.15, 0.2) is 0 Å². The Bertz CT molecular complexity index is 285. The Balaban J connectivity index is 2.73. The van der Waals surface area contributed by atoms with Crippen LogP contribution in [0.5, 0.6) is 0 Å². The van der Waals surface area contributed by atoms with Crippen molar-refractivity contribution < 1.29 is 5.11 Å². The first-order chi connectivity index (χ1) is 6.65. The summed E-state index contributed by atoms with van der Waals surface area (Å²) in [5.41, 5.74) is 8.14. The maximum Gasteiger partial charge on any atom is 0.0732 e. The van der Waals surface area contributed by atoms with E-state index in [9.17, 15) is 5.11 Å². The molecule has 0 saturated carbocycles. The Labute approximate surface area is 85.8 Å². The molecule has 1 aromatic rings. The Morgan fingerprint density at radius 2 is 2.14 bits per heavy atom. The molecular formula is C12H19NO. The molecule has 78 valence electrons. The van der Waals surface area contributed by atoms with Crippen molar-refractivity contribution >= 4 is 0 Å². The van der Waals surface area contributed by atoms with Crippen molar-refractivity contribution in [3.8, 4) is 0 Å². The first-order valence-corrected chi connectivity index (χ1v) is 5.15. The second kappa shape index (κ2) is 5.13. The molecule has 0 spiro atoms. The van der Waals surface area contributed by atoms with E-state index in [2.05, 4.69) is 0 Å². The molecule has 0 aromatic heterocycles. The van der Waals surface area contributed by atoms with E-state index in [0.717, 1.165) is 18.4 Å². The number of aliphatic hydroxyl groups excluding tert-OH is 1. The van der Waals surface area contributed by atoms with Crippen LogP contribution >= 0.6 is 0 Å². The smallest absolute Gasteiger partial charge is 0.0732 e. The molecule has 1 aromatic carbocycles. The van der Waals surface area contributed by atoms with Crippen molar-refractivity contribution in [2.45, 2.75) is 38.8 Å². The Kier molecular flexibility index (Phi) is 4.11. The third kappa shape index (κ3) is 2.82. The van der Waals surface area contributed by atoms with Gasteiger partial charge in [-0.25, -0.2) is 0 Å². The standard InChI is InChI=1S/C12H19NO/c1-3-5-11(14)12(13)10-7-4-6-9(2)8-10/h4,6-8,11-12,14H,3,5,13H2,1-2H3/t11-,12+/m0/s1. The fraction of sp³-hybridized carbons (Fsp3) is 0.500. The number of rotatable bonds is 4. The highest BCUT2D eigenvalue weighted by Gasteiger charge is 2.15. The van der Waals surface area contributed by atoms with Crippen LogP contribution in [-0.4, -0.2) is 11.2 Å². The third-order valence-corrected chi connectivity index (χ3v) is 2.43. The molecular weight excluding hydrogens is 174 g/mol. The van der Waals surface area contributed by atoms with Gasteiger partial charge in [0, 0.05) is 0 Å². The maximum absolute atomic E-state index is 9.74. The molecule has 0 bridgehead atoms. The molecule has 2 atom stereocenters. The van der Waals surface area contributed by atoms with Gasteiger partial charge in [-0.05, 0) is 18.9 Å². The van der Waals surface area contributed by atoms with Crippen LogP contribution in [-0.2, 0) is 0 Å². The van der Waals surface area contributed by atoms with Gasteiger partial charge in [0.2, 0.25) is 0 Å². The molecule has 0 aliphatic heterocycles. The predicted molar refractivity (Wildman–Crippen MR) is 59.0 cm³/mol. The van der Waals surface area contributed by atoms with Crippen LogP contribution < -0.4 is 5.73 Å². The van der Waals surface area contributed by atoms with Gasteiger partial charge in [0.1, 0.15) is 0 Å². The van der Waals surface area contributed by atoms with Gasteiger partial charge in [0.05, 0.1) is 12.1 Å². The number of nitrogens with two attached hydrogens (primary N) is 1. The van der Waals surface area contributed by atoms with Crippen molar-refractivity contribution in [1.82, 2.24) is 0 Å². The van der Waals surface area contributed by atoms with E-state index >= 15 is 0 Å². The fourth-order valence-corrected chi connectivity index (χ4v) is 1.57. The lowest BCUT2D eigenvalue weighted by Crippen LogP contribution is -2.25. The summed E-state index contributed by atoms with van der Waals surface area (Å²) in [5.74, 6) is 0. The van der Waals surface area contributed by atoms with Gasteiger partial charge < -0.3 is 10.8 Å². The molecule has 1 rings (SSSR count). The van der Waals surface area contributed by atoms with E-state index in [0.29, 0.717) is 0 Å². The topological polar surface area (TPSA) is 46.2 Å². The lowest BCUT2D eigenvalue weighted by atomic mass is 9.98. The summed E-state index contributed by atoms with van der Waals surface area (Å²) in [6.45, 7) is 4.08. The van der Waals surface area contributed by atoms with Crippen LogP contribution in [0, 0.1) is 6.92 Å². The Hall–Kier alpha value is -0.860. The van der Waals surface area contributed by atoms with Gasteiger partial charge in [-0.1, -0.05) is 43.2 Å². The maximum atomic E-state index is 9.74. The van der Waals surface area contributed by atoms with E-state index in [1.807, 2.05) is 38.1 Å². The Morgan fingerprint density at radius 1 is 1.43 bits per heavy atom. The van der Waals surface area contributed by atoms with Crippen molar-refractivity contribution in [3.05, 3.63) is 35.4 Å². The summed E-state index contributed by atoms with van der Waals surface area (Å²) < 4.78 is 0. The normalized spacial score (nSPS) is 15.1. The molecule has 0 heterocycles. The molecule has 14 heavy (non-hydrogen) atoms. The molecule has 0 fully saturated rings. The molecule has 0 aliphatic carbocycles. The average molecular weight is 193 g/mol. The van der Waals surface area contributed by atoms with Gasteiger partial charge in [-0.15, -0.1) is 0 Å². The monoisotopic (exact) mass is 193 g/mol. The molecule has 0 saturated heterocycles. The minimum absolute atomic E-state index is 0.255. The molecule has 0 aliphatic rings. The summed E-state index contributed by atoms with van der Waals surface area (Å²) >= 11 is 0. The second-order valence-electron chi connectivity index (χ2n) is 3.80. The largest absolute Gasteiger partial charge is 0.391 e. The van der Waals surface area contributed by atoms with Gasteiger partial charge in [-0.2, -0.15) is 0 Å². The van der Waals surface area contributed by atoms with Crippen LogP contribution in [0.25, 0.3) is 0 Å². The lowest BCUT2D eigenvalue weighted by molar-refractivity contribution is 0.134. The van der Waals surface area contributed by atoms with Crippen molar-refractivity contribution in [2.24, 2.45) is 5.73 Å². The van der Waals surface area contributed by atoms with E-state index in [-0.39, 0.29) is 6.04 Å². The average Bonchev–Trinajstić information content (AvgIpc) is 2.17. The Morgan fingerprint density at radius 3 is 2.71 bits per heavy atom. The van der Waals surface area contributed by atoms with Crippen LogP contribution in [0.3, 0.4) is 0 Å². The summed E-state index contributed by atoms with van der Waals surface area (Å²) in [4.78, 5) is 0. The highest BCUT2D eigenvalue weighted by molar-refractivity contribution is 5.25. The summed E-state index contributed by atoms with van der Waals surface area (Å²) in [6, 6.07) is 7.75. The number of hydrogen-bond acceptors (Lipinski definition) is 2. The van der Waals surface area contributed by atoms with Crippen molar-refractivity contribution in [1.29, 1.82) is 0 Å². The molecule has 2 nitrogen and oxygen atoms in total. The van der Waals surface area contributed by atoms with Gasteiger partial charge in [-0.3, -0.25) is 0 Å². The van der Waals surface area contributed by atoms with E-state index < -0.39 is 6.10 Å². The van der Waals surface area contributed by atoms with Crippen LogP contribution in [0.1, 0.15) is 36.9 Å². The van der Waals surface area contributed by atoms with Crippen molar-refractivity contribution in [2.75, 3.05) is 0 Å². The van der Waals surface area contributed by atoms with Gasteiger partial charge in [0.25, 0.3) is 0 Å². The molecule has 2 heteroatoms. The molecule has 0 amide bonds. The zero-order chi connectivity index (χ0) is 10.6. The fourth-order valence-electron chi connectivity index (χ4n) is 1.57. The van der Waals surface area contributed by atoms with E-state index in [4.69, 9.17) is 5.73 Å². The van der Waals surface area contributed by atoms with Gasteiger partial charge >= 0.3 is 0 Å². The van der Waals surface area contributed by atoms with Crippen LogP contribution in [0.15, 0.2) is 24.3 Å². The highest BCUT2D eigenvalue weighted by atomic mass is 16.3. The van der Waals surface area contributed by atoms with E-state index in [1.165, 1.54) is 5.56 Å². The zero-order valence-electron chi connectivity index (χ0n) is 8.90. The predicted octanol–water partition coefficient (Wildman–Crippen LogP) is 2.16. The number of hydrogen-bond donors (Lipinski definition) is 2. The van der Waals surface area contributed by atoms with E-state index in [1.54, 1.807) is 0 Å². The molecule has 3 N–H and O–H groups in total. The third-order valence-electron chi connectivity index (χ3n) is 2.43. The highest BCUT2D eigenvalue weighted by Crippen LogP contribution is 2.18. The number of aryl methyl sites for hydroxylation is 1. The quantitative estimate of drug-likeness (QED) is 0.769. The summed E-state index contributed by atoms with van der Waals surface area (Å²) in [5, 5.41) is 9.74. The lowest BCUT2D eigenvalue weighted by Gasteiger charge is -2.18. The minimum Gasteiger partial charge on any atom is -0.391 e. The molecule has 0 radical (unpaired) electrons. The van der Waals surface area contributed by atoms with Crippen molar-refractivity contribution in [3.63, 3.8) is 0 Å². The number of aliphatic hydroxyl groups is 1.